The van der Waals surface area contributed by atoms with Crippen LogP contribution in [0.4, 0.5) is 0 Å². The minimum absolute atomic E-state index is 0.0223. The van der Waals surface area contributed by atoms with Crippen molar-refractivity contribution in [3.63, 3.8) is 0 Å². The lowest BCUT2D eigenvalue weighted by Crippen LogP contribution is -2.06. The fraction of sp³-hybridized carbons (Fsp3) is 0.231. The van der Waals surface area contributed by atoms with Crippen LogP contribution in [0.25, 0.3) is 11.4 Å². The van der Waals surface area contributed by atoms with Gasteiger partial charge in [0, 0.05) is 29.6 Å². The summed E-state index contributed by atoms with van der Waals surface area (Å²) in [4.78, 5) is 8.68. The lowest BCUT2D eigenvalue weighted by Gasteiger charge is -2.06. The van der Waals surface area contributed by atoms with E-state index in [1.165, 1.54) is 5.56 Å². The number of rotatable bonds is 2. The van der Waals surface area contributed by atoms with Crippen LogP contribution in [0.3, 0.4) is 0 Å². The number of nitrogens with zero attached hydrogens (tertiary/aromatic N) is 2. The number of aryl methyl sites for hydroxylation is 1. The third-order valence-electron chi connectivity index (χ3n) is 2.58. The number of aromatic nitrogens is 2. The summed E-state index contributed by atoms with van der Waals surface area (Å²) in [5.41, 5.74) is 8.95. The molecule has 1 heterocycles. The Balaban J connectivity index is 2.39. The van der Waals surface area contributed by atoms with Crippen molar-refractivity contribution in [1.82, 2.24) is 9.97 Å². The maximum atomic E-state index is 5.75. The van der Waals surface area contributed by atoms with Crippen molar-refractivity contribution in [3.8, 4) is 11.4 Å². The molecule has 0 fully saturated rings. The lowest BCUT2D eigenvalue weighted by molar-refractivity contribution is 0.803. The lowest BCUT2D eigenvalue weighted by atomic mass is 10.1. The van der Waals surface area contributed by atoms with Crippen LogP contribution in [-0.2, 0) is 0 Å². The Bertz CT molecular complexity index is 475. The third-order valence-corrected chi connectivity index (χ3v) is 2.58. The van der Waals surface area contributed by atoms with Crippen molar-refractivity contribution in [2.75, 3.05) is 0 Å². The minimum atomic E-state index is -0.0223. The normalized spacial score (nSPS) is 12.4. The highest BCUT2D eigenvalue weighted by Crippen LogP contribution is 2.19. The van der Waals surface area contributed by atoms with Crippen molar-refractivity contribution >= 4 is 0 Å². The number of hydrogen-bond donors (Lipinski definition) is 1. The highest BCUT2D eigenvalue weighted by atomic mass is 14.9. The Morgan fingerprint density at radius 2 is 1.75 bits per heavy atom. The van der Waals surface area contributed by atoms with Crippen molar-refractivity contribution < 1.29 is 0 Å². The van der Waals surface area contributed by atoms with Crippen LogP contribution >= 0.6 is 0 Å². The van der Waals surface area contributed by atoms with Crippen molar-refractivity contribution in [2.45, 2.75) is 19.9 Å². The highest BCUT2D eigenvalue weighted by molar-refractivity contribution is 5.59. The molecule has 0 bridgehead atoms. The molecule has 0 amide bonds. The quantitative estimate of drug-likeness (QED) is 0.833. The first-order valence-electron chi connectivity index (χ1n) is 5.32. The van der Waals surface area contributed by atoms with E-state index in [0.717, 1.165) is 17.0 Å². The molecule has 2 rings (SSSR count). The molecule has 2 N–H and O–H groups in total. The van der Waals surface area contributed by atoms with Gasteiger partial charge in [0.15, 0.2) is 5.82 Å². The minimum Gasteiger partial charge on any atom is -0.324 e. The summed E-state index contributed by atoms with van der Waals surface area (Å²) in [7, 11) is 0. The van der Waals surface area contributed by atoms with Crippen molar-refractivity contribution in [2.24, 2.45) is 5.73 Å². The van der Waals surface area contributed by atoms with Gasteiger partial charge < -0.3 is 5.73 Å². The van der Waals surface area contributed by atoms with E-state index >= 15 is 0 Å². The van der Waals surface area contributed by atoms with E-state index in [2.05, 4.69) is 23.0 Å². The van der Waals surface area contributed by atoms with Gasteiger partial charge in [-0.1, -0.05) is 24.3 Å². The zero-order valence-electron chi connectivity index (χ0n) is 9.51. The largest absolute Gasteiger partial charge is 0.324 e. The van der Waals surface area contributed by atoms with Gasteiger partial charge in [-0.15, -0.1) is 0 Å². The molecule has 0 saturated heterocycles. The maximum absolute atomic E-state index is 5.75. The average molecular weight is 213 g/mol. The molecule has 1 aromatic heterocycles. The van der Waals surface area contributed by atoms with E-state index in [-0.39, 0.29) is 6.04 Å². The molecule has 1 aromatic carbocycles. The van der Waals surface area contributed by atoms with Gasteiger partial charge in [0.05, 0.1) is 0 Å². The maximum Gasteiger partial charge on any atom is 0.159 e. The predicted molar refractivity (Wildman–Crippen MR) is 64.8 cm³/mol. The fourth-order valence-corrected chi connectivity index (χ4v) is 1.54. The van der Waals surface area contributed by atoms with Crippen LogP contribution in [-0.4, -0.2) is 9.97 Å². The summed E-state index contributed by atoms with van der Waals surface area (Å²) < 4.78 is 0. The van der Waals surface area contributed by atoms with Gasteiger partial charge in [-0.25, -0.2) is 9.97 Å². The second-order valence-electron chi connectivity index (χ2n) is 3.94. The Hall–Kier alpha value is -1.74. The van der Waals surface area contributed by atoms with E-state index in [0.29, 0.717) is 0 Å². The highest BCUT2D eigenvalue weighted by Gasteiger charge is 2.05. The number of nitrogens with two attached hydrogens (primary N) is 1. The summed E-state index contributed by atoms with van der Waals surface area (Å²) in [5, 5.41) is 0. The summed E-state index contributed by atoms with van der Waals surface area (Å²) in [6, 6.07) is 8.06. The molecule has 3 nitrogen and oxygen atoms in total. The molecule has 16 heavy (non-hydrogen) atoms. The van der Waals surface area contributed by atoms with E-state index in [1.54, 1.807) is 12.4 Å². The third kappa shape index (κ3) is 2.09. The van der Waals surface area contributed by atoms with Crippen molar-refractivity contribution in [3.05, 3.63) is 47.8 Å². The molecular weight excluding hydrogens is 198 g/mol. The van der Waals surface area contributed by atoms with Crippen LogP contribution in [0.2, 0.25) is 0 Å². The van der Waals surface area contributed by atoms with Gasteiger partial charge in [-0.3, -0.25) is 0 Å². The van der Waals surface area contributed by atoms with Gasteiger partial charge in [0.25, 0.3) is 0 Å². The van der Waals surface area contributed by atoms with Crippen LogP contribution in [0.5, 0.6) is 0 Å². The Labute approximate surface area is 95.4 Å². The number of hydrogen-bond acceptors (Lipinski definition) is 3. The topological polar surface area (TPSA) is 51.8 Å². The zero-order valence-corrected chi connectivity index (χ0v) is 9.51. The Morgan fingerprint density at radius 3 is 2.31 bits per heavy atom. The Morgan fingerprint density at radius 1 is 1.12 bits per heavy atom. The predicted octanol–water partition coefficient (Wildman–Crippen LogP) is 2.47. The molecule has 0 spiro atoms. The molecule has 3 heteroatoms. The van der Waals surface area contributed by atoms with Crippen LogP contribution in [0, 0.1) is 6.92 Å². The van der Waals surface area contributed by atoms with Crippen LogP contribution < -0.4 is 5.73 Å². The van der Waals surface area contributed by atoms with Gasteiger partial charge >= 0.3 is 0 Å². The first-order chi connectivity index (χ1) is 7.68. The molecule has 0 aliphatic heterocycles. The average Bonchev–Trinajstić information content (AvgIpc) is 2.30. The molecule has 0 aliphatic carbocycles. The molecule has 1 unspecified atom stereocenters. The fourth-order valence-electron chi connectivity index (χ4n) is 1.54. The summed E-state index contributed by atoms with van der Waals surface area (Å²) >= 11 is 0. The Kier molecular flexibility index (Phi) is 2.97. The first kappa shape index (κ1) is 10.8. The molecule has 82 valence electrons. The van der Waals surface area contributed by atoms with Gasteiger partial charge in [0.1, 0.15) is 0 Å². The number of benzene rings is 1. The van der Waals surface area contributed by atoms with E-state index < -0.39 is 0 Å². The second kappa shape index (κ2) is 4.41. The molecular formula is C13H15N3. The SMILES string of the molecule is Cc1ccccc1-c1ncc(C(C)N)cn1. The van der Waals surface area contributed by atoms with Crippen LogP contribution in [0.1, 0.15) is 24.1 Å². The zero-order chi connectivity index (χ0) is 11.5. The summed E-state index contributed by atoms with van der Waals surface area (Å²) in [6.07, 6.45) is 3.58. The second-order valence-corrected chi connectivity index (χ2v) is 3.94. The van der Waals surface area contributed by atoms with Crippen molar-refractivity contribution in [1.29, 1.82) is 0 Å². The molecule has 0 saturated carbocycles. The molecule has 0 aliphatic rings. The standard InChI is InChI=1S/C13H15N3/c1-9-5-3-4-6-12(9)13-15-7-11(8-16-13)10(2)14/h3-8,10H,14H2,1-2H3. The summed E-state index contributed by atoms with van der Waals surface area (Å²) in [6.45, 7) is 3.98. The smallest absolute Gasteiger partial charge is 0.159 e. The first-order valence-corrected chi connectivity index (χ1v) is 5.32. The van der Waals surface area contributed by atoms with E-state index in [4.69, 9.17) is 5.73 Å². The van der Waals surface area contributed by atoms with Crippen LogP contribution in [0.15, 0.2) is 36.7 Å². The molecule has 1 atom stereocenters. The van der Waals surface area contributed by atoms with Gasteiger partial charge in [-0.05, 0) is 19.4 Å². The molecule has 2 aromatic rings. The monoisotopic (exact) mass is 213 g/mol. The van der Waals surface area contributed by atoms with Gasteiger partial charge in [0.2, 0.25) is 0 Å². The summed E-state index contributed by atoms with van der Waals surface area (Å²) in [5.74, 6) is 0.752. The van der Waals surface area contributed by atoms with Gasteiger partial charge in [-0.2, -0.15) is 0 Å². The van der Waals surface area contributed by atoms with E-state index in [1.807, 2.05) is 25.1 Å². The van der Waals surface area contributed by atoms with E-state index in [9.17, 15) is 0 Å². The molecule has 0 radical (unpaired) electrons.